The first-order valence-electron chi connectivity index (χ1n) is 7.20. The van der Waals surface area contributed by atoms with Gasteiger partial charge in [-0.15, -0.1) is 0 Å². The third kappa shape index (κ3) is 4.94. The molecule has 0 spiro atoms. The topological polar surface area (TPSA) is 44.7 Å². The van der Waals surface area contributed by atoms with Gasteiger partial charge in [0.2, 0.25) is 0 Å². The van der Waals surface area contributed by atoms with Crippen LogP contribution in [0.5, 0.6) is 5.75 Å². The minimum atomic E-state index is -0.520. The number of nitrogens with zero attached hydrogens (tertiary/aromatic N) is 1. The number of hydrogen-bond donors (Lipinski definition) is 2. The number of rotatable bonds is 6. The van der Waals surface area contributed by atoms with Gasteiger partial charge in [0.25, 0.3) is 0 Å². The Morgan fingerprint density at radius 1 is 1.35 bits per heavy atom. The number of benzene rings is 1. The van der Waals surface area contributed by atoms with Crippen LogP contribution in [0.15, 0.2) is 18.2 Å². The number of hydrazine groups is 1. The normalized spacial score (nSPS) is 17.9. The molecule has 1 saturated heterocycles. The van der Waals surface area contributed by atoms with E-state index < -0.39 is 6.10 Å². The fourth-order valence-corrected chi connectivity index (χ4v) is 2.36. The molecule has 1 atom stereocenters. The molecule has 1 aromatic carbocycles. The summed E-state index contributed by atoms with van der Waals surface area (Å²) in [6.07, 6.45) is 3.24. The Hall–Kier alpha value is -0.810. The molecule has 4 nitrogen and oxygen atoms in total. The Morgan fingerprint density at radius 2 is 2.10 bits per heavy atom. The van der Waals surface area contributed by atoms with Crippen LogP contribution in [-0.2, 0) is 0 Å². The molecular formula is C15H23ClN2O2. The lowest BCUT2D eigenvalue weighted by Crippen LogP contribution is -2.46. The zero-order valence-corrected chi connectivity index (χ0v) is 12.7. The van der Waals surface area contributed by atoms with Crippen molar-refractivity contribution in [3.8, 4) is 5.75 Å². The molecule has 1 fully saturated rings. The molecule has 0 radical (unpaired) electrons. The second-order valence-electron chi connectivity index (χ2n) is 5.29. The van der Waals surface area contributed by atoms with Crippen molar-refractivity contribution in [2.75, 3.05) is 26.2 Å². The zero-order valence-electron chi connectivity index (χ0n) is 11.9. The van der Waals surface area contributed by atoms with E-state index in [0.717, 1.165) is 29.4 Å². The van der Waals surface area contributed by atoms with Crippen molar-refractivity contribution in [3.05, 3.63) is 28.8 Å². The van der Waals surface area contributed by atoms with Crippen LogP contribution in [-0.4, -0.2) is 42.5 Å². The van der Waals surface area contributed by atoms with Crippen molar-refractivity contribution in [1.82, 2.24) is 10.4 Å². The highest BCUT2D eigenvalue weighted by Crippen LogP contribution is 2.21. The summed E-state index contributed by atoms with van der Waals surface area (Å²) in [6, 6.07) is 5.51. The Kier molecular flexibility index (Phi) is 6.10. The molecular weight excluding hydrogens is 276 g/mol. The fraction of sp³-hybridized carbons (Fsp3) is 0.600. The van der Waals surface area contributed by atoms with Gasteiger partial charge in [0.15, 0.2) is 0 Å². The summed E-state index contributed by atoms with van der Waals surface area (Å²) >= 11 is 5.96. The summed E-state index contributed by atoms with van der Waals surface area (Å²) in [6.45, 7) is 4.85. The van der Waals surface area contributed by atoms with Gasteiger partial charge in [0.1, 0.15) is 18.5 Å². The zero-order chi connectivity index (χ0) is 14.4. The highest BCUT2D eigenvalue weighted by molar-refractivity contribution is 6.31. The number of ether oxygens (including phenoxy) is 1. The third-order valence-corrected chi connectivity index (χ3v) is 3.90. The van der Waals surface area contributed by atoms with E-state index in [1.54, 1.807) is 0 Å². The van der Waals surface area contributed by atoms with E-state index in [1.165, 1.54) is 19.3 Å². The smallest absolute Gasteiger partial charge is 0.119 e. The van der Waals surface area contributed by atoms with Gasteiger partial charge in [-0.1, -0.05) is 18.0 Å². The lowest BCUT2D eigenvalue weighted by atomic mass is 10.2. The van der Waals surface area contributed by atoms with Gasteiger partial charge in [0, 0.05) is 24.7 Å². The van der Waals surface area contributed by atoms with Crippen LogP contribution in [0.3, 0.4) is 0 Å². The van der Waals surface area contributed by atoms with Gasteiger partial charge >= 0.3 is 0 Å². The Labute approximate surface area is 125 Å². The van der Waals surface area contributed by atoms with Crippen LogP contribution in [0, 0.1) is 6.92 Å². The SMILES string of the molecule is Cc1cc(OCC(O)CNN2CCCCC2)ccc1Cl. The summed E-state index contributed by atoms with van der Waals surface area (Å²) < 4.78 is 5.58. The highest BCUT2D eigenvalue weighted by atomic mass is 35.5. The Bertz CT molecular complexity index is 422. The van der Waals surface area contributed by atoms with Gasteiger partial charge in [-0.3, -0.25) is 5.43 Å². The van der Waals surface area contributed by atoms with Crippen molar-refractivity contribution in [3.63, 3.8) is 0 Å². The van der Waals surface area contributed by atoms with E-state index in [2.05, 4.69) is 10.4 Å². The molecule has 112 valence electrons. The van der Waals surface area contributed by atoms with E-state index in [0.29, 0.717) is 6.54 Å². The van der Waals surface area contributed by atoms with Gasteiger partial charge < -0.3 is 9.84 Å². The molecule has 0 aliphatic carbocycles. The minimum Gasteiger partial charge on any atom is -0.491 e. The number of nitrogens with one attached hydrogen (secondary N) is 1. The number of aliphatic hydroxyl groups excluding tert-OH is 1. The summed E-state index contributed by atoms with van der Waals surface area (Å²) in [7, 11) is 0. The monoisotopic (exact) mass is 298 g/mol. The largest absolute Gasteiger partial charge is 0.491 e. The van der Waals surface area contributed by atoms with E-state index in [1.807, 2.05) is 25.1 Å². The molecule has 2 N–H and O–H groups in total. The standard InChI is InChI=1S/C15H23ClN2O2/c1-12-9-14(5-6-15(12)16)20-11-13(19)10-17-18-7-3-2-4-8-18/h5-6,9,13,17,19H,2-4,7-8,10-11H2,1H3. The van der Waals surface area contributed by atoms with Gasteiger partial charge in [-0.2, -0.15) is 0 Å². The van der Waals surface area contributed by atoms with Crippen molar-refractivity contribution in [2.45, 2.75) is 32.3 Å². The molecule has 1 aliphatic rings. The number of aliphatic hydroxyl groups is 1. The van der Waals surface area contributed by atoms with E-state index in [4.69, 9.17) is 16.3 Å². The summed E-state index contributed by atoms with van der Waals surface area (Å²) in [5.74, 6) is 0.740. The molecule has 0 saturated carbocycles. The third-order valence-electron chi connectivity index (χ3n) is 3.48. The van der Waals surface area contributed by atoms with Gasteiger partial charge in [0.05, 0.1) is 0 Å². The van der Waals surface area contributed by atoms with Crippen LogP contribution in [0.1, 0.15) is 24.8 Å². The average molecular weight is 299 g/mol. The molecule has 5 heteroatoms. The van der Waals surface area contributed by atoms with Gasteiger partial charge in [-0.05, 0) is 43.5 Å². The first-order chi connectivity index (χ1) is 9.65. The van der Waals surface area contributed by atoms with Crippen molar-refractivity contribution < 1.29 is 9.84 Å². The highest BCUT2D eigenvalue weighted by Gasteiger charge is 2.12. The Morgan fingerprint density at radius 3 is 2.80 bits per heavy atom. The van der Waals surface area contributed by atoms with Crippen LogP contribution in [0.25, 0.3) is 0 Å². The number of hydrogen-bond acceptors (Lipinski definition) is 4. The number of aryl methyl sites for hydroxylation is 1. The van der Waals surface area contributed by atoms with Gasteiger partial charge in [-0.25, -0.2) is 5.01 Å². The molecule has 20 heavy (non-hydrogen) atoms. The number of halogens is 1. The maximum absolute atomic E-state index is 9.92. The predicted molar refractivity (Wildman–Crippen MR) is 81.1 cm³/mol. The molecule has 1 aliphatic heterocycles. The van der Waals surface area contributed by atoms with E-state index >= 15 is 0 Å². The van der Waals surface area contributed by atoms with Crippen LogP contribution >= 0.6 is 11.6 Å². The molecule has 0 bridgehead atoms. The molecule has 1 unspecified atom stereocenters. The number of piperidine rings is 1. The quantitative estimate of drug-likeness (QED) is 0.846. The lowest BCUT2D eigenvalue weighted by molar-refractivity contribution is 0.0684. The molecule has 0 amide bonds. The van der Waals surface area contributed by atoms with Crippen molar-refractivity contribution in [2.24, 2.45) is 0 Å². The minimum absolute atomic E-state index is 0.280. The summed E-state index contributed by atoms with van der Waals surface area (Å²) in [4.78, 5) is 0. The molecule has 2 rings (SSSR count). The molecule has 0 aromatic heterocycles. The summed E-state index contributed by atoms with van der Waals surface area (Å²) in [5, 5.41) is 12.8. The first kappa shape index (κ1) is 15.6. The second kappa shape index (κ2) is 7.84. The predicted octanol–water partition coefficient (Wildman–Crippen LogP) is 2.38. The average Bonchev–Trinajstić information content (AvgIpc) is 2.47. The second-order valence-corrected chi connectivity index (χ2v) is 5.69. The van der Waals surface area contributed by atoms with Crippen molar-refractivity contribution >= 4 is 11.6 Å². The lowest BCUT2D eigenvalue weighted by Gasteiger charge is -2.28. The molecule has 1 aromatic rings. The van der Waals surface area contributed by atoms with Crippen LogP contribution < -0.4 is 10.2 Å². The van der Waals surface area contributed by atoms with Crippen molar-refractivity contribution in [1.29, 1.82) is 0 Å². The van der Waals surface area contributed by atoms with E-state index in [-0.39, 0.29) is 6.61 Å². The summed E-state index contributed by atoms with van der Waals surface area (Å²) in [5.41, 5.74) is 4.24. The molecule has 1 heterocycles. The Balaban J connectivity index is 1.68. The maximum atomic E-state index is 9.92. The first-order valence-corrected chi connectivity index (χ1v) is 7.58. The maximum Gasteiger partial charge on any atom is 0.119 e. The van der Waals surface area contributed by atoms with Crippen LogP contribution in [0.2, 0.25) is 5.02 Å². The fourth-order valence-electron chi connectivity index (χ4n) is 2.24. The van der Waals surface area contributed by atoms with E-state index in [9.17, 15) is 5.11 Å². The van der Waals surface area contributed by atoms with Crippen LogP contribution in [0.4, 0.5) is 0 Å².